The third kappa shape index (κ3) is 22.4. The van der Waals surface area contributed by atoms with Crippen molar-refractivity contribution in [3.05, 3.63) is 182 Å². The zero-order valence-corrected chi connectivity index (χ0v) is 32.0. The lowest BCUT2D eigenvalue weighted by atomic mass is 10.1. The van der Waals surface area contributed by atoms with Gasteiger partial charge in [-0.1, -0.05) is 126 Å². The summed E-state index contributed by atoms with van der Waals surface area (Å²) in [4.78, 5) is 0. The molecule has 0 nitrogen and oxygen atoms in total. The molecule has 0 aliphatic rings. The molecular formula is C46H64. The molecule has 4 aromatic carbocycles. The molecule has 0 amide bonds. The quantitative estimate of drug-likeness (QED) is 0.147. The van der Waals surface area contributed by atoms with Crippen LogP contribution < -0.4 is 0 Å². The van der Waals surface area contributed by atoms with Crippen molar-refractivity contribution in [2.75, 3.05) is 0 Å². The fraction of sp³-hybridized carbons (Fsp3) is 0.326. The highest BCUT2D eigenvalue weighted by Crippen LogP contribution is 2.10. The molecule has 0 saturated carbocycles. The van der Waals surface area contributed by atoms with Crippen molar-refractivity contribution in [1.29, 1.82) is 0 Å². The second-order valence-electron chi connectivity index (χ2n) is 11.9. The molecule has 0 unspecified atom stereocenters. The molecule has 0 atom stereocenters. The molecule has 46 heavy (non-hydrogen) atoms. The van der Waals surface area contributed by atoms with Gasteiger partial charge in [0.15, 0.2) is 0 Å². The van der Waals surface area contributed by atoms with Crippen LogP contribution in [0.5, 0.6) is 0 Å². The number of benzene rings is 4. The van der Waals surface area contributed by atoms with Crippen LogP contribution in [0, 0.1) is 83.1 Å². The molecule has 0 fully saturated rings. The van der Waals surface area contributed by atoms with Crippen molar-refractivity contribution in [3.8, 4) is 0 Å². The first-order valence-corrected chi connectivity index (χ1v) is 16.3. The van der Waals surface area contributed by atoms with Gasteiger partial charge in [-0.2, -0.15) is 0 Å². The smallest absolute Gasteiger partial charge is 0.0393 e. The summed E-state index contributed by atoms with van der Waals surface area (Å²) < 4.78 is 0. The van der Waals surface area contributed by atoms with Crippen LogP contribution in [0.1, 0.15) is 87.5 Å². The van der Waals surface area contributed by atoms with E-state index in [1.807, 2.05) is 45.1 Å². The second kappa shape index (κ2) is 26.1. The number of rotatable bonds is 1. The van der Waals surface area contributed by atoms with Crippen LogP contribution in [0.25, 0.3) is 0 Å². The van der Waals surface area contributed by atoms with Crippen molar-refractivity contribution in [2.45, 2.75) is 104 Å². The van der Waals surface area contributed by atoms with Crippen LogP contribution in [0.3, 0.4) is 0 Å². The average molecular weight is 617 g/mol. The Hall–Kier alpha value is -4.12. The van der Waals surface area contributed by atoms with E-state index in [2.05, 4.69) is 168 Å². The summed E-state index contributed by atoms with van der Waals surface area (Å²) in [7, 11) is 0. The van der Waals surface area contributed by atoms with E-state index in [0.717, 1.165) is 0 Å². The Bertz CT molecular complexity index is 1310. The van der Waals surface area contributed by atoms with Gasteiger partial charge in [0.2, 0.25) is 0 Å². The molecule has 0 aliphatic carbocycles. The van der Waals surface area contributed by atoms with Gasteiger partial charge >= 0.3 is 0 Å². The molecular weight excluding hydrogens is 553 g/mol. The molecule has 0 radical (unpaired) electrons. The van der Waals surface area contributed by atoms with Gasteiger partial charge in [-0.15, -0.1) is 5.73 Å². The molecule has 0 saturated heterocycles. The fourth-order valence-corrected chi connectivity index (χ4v) is 3.79. The summed E-state index contributed by atoms with van der Waals surface area (Å²) >= 11 is 0. The first-order chi connectivity index (χ1) is 21.6. The van der Waals surface area contributed by atoms with E-state index in [1.165, 1.54) is 66.8 Å². The second-order valence-corrected chi connectivity index (χ2v) is 11.9. The van der Waals surface area contributed by atoms with Gasteiger partial charge in [-0.05, 0) is 154 Å². The first kappa shape index (κ1) is 44.0. The van der Waals surface area contributed by atoms with Gasteiger partial charge in [0.1, 0.15) is 0 Å². The van der Waals surface area contributed by atoms with Crippen LogP contribution in [0.15, 0.2) is 115 Å². The molecule has 0 aliphatic heterocycles. The monoisotopic (exact) mass is 617 g/mol. The van der Waals surface area contributed by atoms with Gasteiger partial charge in [-0.3, -0.25) is 0 Å². The highest BCUT2D eigenvalue weighted by atomic mass is 14.0. The first-order valence-electron chi connectivity index (χ1n) is 16.3. The third-order valence-corrected chi connectivity index (χ3v) is 7.35. The Labute approximate surface area is 285 Å². The van der Waals surface area contributed by atoms with Gasteiger partial charge in [0.05, 0.1) is 0 Å². The summed E-state index contributed by atoms with van der Waals surface area (Å²) in [5.41, 5.74) is 19.0. The zero-order chi connectivity index (χ0) is 35.7. The zero-order valence-electron chi connectivity index (χ0n) is 32.0. The van der Waals surface area contributed by atoms with Crippen molar-refractivity contribution in [2.24, 2.45) is 0 Å². The highest BCUT2D eigenvalue weighted by Gasteiger charge is 1.91. The van der Waals surface area contributed by atoms with Gasteiger partial charge < -0.3 is 0 Å². The lowest BCUT2D eigenvalue weighted by Gasteiger charge is -1.98. The van der Waals surface area contributed by atoms with E-state index >= 15 is 0 Å². The molecule has 4 rings (SSSR count). The number of hydrogen-bond donors (Lipinski definition) is 0. The van der Waals surface area contributed by atoms with Crippen molar-refractivity contribution in [1.82, 2.24) is 0 Å². The standard InChI is InChI=1S/4C9H12.C6H10.C4H6/c4*1-7-4-5-8(2)9(3)6-7;1-3-5-6-4-2;1-3-4-2/h4*4-6H,1-3H3;3-6H,1-2H3;4H,1H2,2H3/b;;;;5-3+,6-4+;. The van der Waals surface area contributed by atoms with Gasteiger partial charge in [0.25, 0.3) is 0 Å². The lowest BCUT2D eigenvalue weighted by Crippen LogP contribution is -1.79. The number of hydrogen-bond acceptors (Lipinski definition) is 0. The minimum Gasteiger partial charge on any atom is -0.133 e. The summed E-state index contributed by atoms with van der Waals surface area (Å²) in [6.45, 7) is 34.8. The Balaban J connectivity index is 0. The van der Waals surface area contributed by atoms with E-state index in [4.69, 9.17) is 0 Å². The Morgan fingerprint density at radius 3 is 0.674 bits per heavy atom. The fourth-order valence-electron chi connectivity index (χ4n) is 3.79. The molecule has 0 heterocycles. The largest absolute Gasteiger partial charge is 0.133 e. The number of allylic oxidation sites excluding steroid dienone is 5. The van der Waals surface area contributed by atoms with Crippen molar-refractivity contribution < 1.29 is 0 Å². The van der Waals surface area contributed by atoms with Crippen LogP contribution in [0.4, 0.5) is 0 Å². The van der Waals surface area contributed by atoms with E-state index in [-0.39, 0.29) is 0 Å². The Morgan fingerprint density at radius 1 is 0.370 bits per heavy atom. The van der Waals surface area contributed by atoms with Gasteiger partial charge in [-0.25, -0.2) is 0 Å². The SMILES string of the molecule is C/C=C/C=C/C.C=C=CC.Cc1ccc(C)c(C)c1.Cc1ccc(C)c(C)c1.Cc1ccc(C)c(C)c1.Cc1ccc(C)c(C)c1. The van der Waals surface area contributed by atoms with Gasteiger partial charge in [0, 0.05) is 0 Å². The summed E-state index contributed by atoms with van der Waals surface area (Å²) in [6, 6.07) is 26.0. The van der Waals surface area contributed by atoms with Crippen LogP contribution in [-0.2, 0) is 0 Å². The van der Waals surface area contributed by atoms with Crippen molar-refractivity contribution >= 4 is 0 Å². The lowest BCUT2D eigenvalue weighted by molar-refractivity contribution is 1.30. The minimum absolute atomic E-state index is 1.35. The van der Waals surface area contributed by atoms with Crippen LogP contribution >= 0.6 is 0 Å². The molecule has 0 aromatic heterocycles. The normalized spacial score (nSPS) is 9.46. The predicted molar refractivity (Wildman–Crippen MR) is 212 cm³/mol. The molecule has 0 N–H and O–H groups in total. The van der Waals surface area contributed by atoms with E-state index in [9.17, 15) is 0 Å². The molecule has 0 heteroatoms. The third-order valence-electron chi connectivity index (χ3n) is 7.35. The Morgan fingerprint density at radius 2 is 0.565 bits per heavy atom. The minimum atomic E-state index is 1.35. The van der Waals surface area contributed by atoms with E-state index in [1.54, 1.807) is 6.08 Å². The van der Waals surface area contributed by atoms with E-state index in [0.29, 0.717) is 0 Å². The van der Waals surface area contributed by atoms with E-state index < -0.39 is 0 Å². The maximum atomic E-state index is 3.30. The molecule has 0 bridgehead atoms. The van der Waals surface area contributed by atoms with Crippen molar-refractivity contribution in [3.63, 3.8) is 0 Å². The molecule has 4 aromatic rings. The summed E-state index contributed by atoms with van der Waals surface area (Å²) in [6.07, 6.45) is 9.76. The average Bonchev–Trinajstić information content (AvgIpc) is 3.01. The van der Waals surface area contributed by atoms with Crippen LogP contribution in [0.2, 0.25) is 0 Å². The van der Waals surface area contributed by atoms with Crippen LogP contribution in [-0.4, -0.2) is 0 Å². The summed E-state index contributed by atoms with van der Waals surface area (Å²) in [5, 5.41) is 0. The topological polar surface area (TPSA) is 0 Å². The molecule has 0 spiro atoms. The predicted octanol–water partition coefficient (Wildman–Crippen LogP) is 13.9. The maximum Gasteiger partial charge on any atom is -0.0393 e. The Kier molecular flexibility index (Phi) is 25.0. The summed E-state index contributed by atoms with van der Waals surface area (Å²) in [5.74, 6) is 0. The number of aryl methyl sites for hydroxylation is 12. The molecule has 248 valence electrons. The maximum absolute atomic E-state index is 3.30. The highest BCUT2D eigenvalue weighted by molar-refractivity contribution is 5.31.